The Morgan fingerprint density at radius 2 is 1.88 bits per heavy atom. The van der Waals surface area contributed by atoms with Crippen LogP contribution in [0.4, 0.5) is 0 Å². The first kappa shape index (κ1) is 19.6. The van der Waals surface area contributed by atoms with Crippen LogP contribution < -0.4 is 10.1 Å². The number of methoxy groups -OCH3 is 1. The molecule has 0 radical (unpaired) electrons. The molecule has 3 fully saturated rings. The van der Waals surface area contributed by atoms with E-state index in [-0.39, 0.29) is 24.8 Å². The Morgan fingerprint density at radius 1 is 1.21 bits per heavy atom. The predicted molar refractivity (Wildman–Crippen MR) is 104 cm³/mol. The highest BCUT2D eigenvalue weighted by molar-refractivity contribution is 5.85. The van der Waals surface area contributed by atoms with Crippen molar-refractivity contribution in [1.29, 1.82) is 0 Å². The fourth-order valence-electron chi connectivity index (χ4n) is 5.09. The molecule has 24 heavy (non-hydrogen) atoms. The molecule has 3 heterocycles. The fourth-order valence-corrected chi connectivity index (χ4v) is 5.09. The smallest absolute Gasteiger partial charge is 0.122 e. The molecule has 0 unspecified atom stereocenters. The summed E-state index contributed by atoms with van der Waals surface area (Å²) in [7, 11) is 1.75. The third-order valence-corrected chi connectivity index (χ3v) is 5.98. The first-order valence-corrected chi connectivity index (χ1v) is 8.55. The van der Waals surface area contributed by atoms with E-state index >= 15 is 0 Å². The van der Waals surface area contributed by atoms with Crippen LogP contribution in [0, 0.1) is 11.8 Å². The van der Waals surface area contributed by atoms with Gasteiger partial charge in [0, 0.05) is 18.6 Å². The maximum absolute atomic E-state index is 5.47. The summed E-state index contributed by atoms with van der Waals surface area (Å²) in [5, 5.41) is 3.60. The second-order valence-corrected chi connectivity index (χ2v) is 7.01. The van der Waals surface area contributed by atoms with Crippen molar-refractivity contribution in [3.8, 4) is 5.75 Å². The van der Waals surface area contributed by atoms with Crippen molar-refractivity contribution in [2.45, 2.75) is 37.9 Å². The summed E-state index contributed by atoms with van der Waals surface area (Å²) in [6.45, 7) is 7.42. The van der Waals surface area contributed by atoms with E-state index in [4.69, 9.17) is 4.74 Å². The van der Waals surface area contributed by atoms with E-state index in [0.29, 0.717) is 0 Å². The molecule has 4 rings (SSSR count). The standard InChI is InChI=1S/C19H26N2O.2ClH/c1-3-4-14-9-13(5-8-19(14)22-2)12-21-17-6-7-18(21)16-11-20-10-15(16)17;;/h3,5,8-9,15-18,20H,1,4,6-7,10-12H2,2H3;2*1H/t15-,16+,17-,18+;;. The highest BCUT2D eigenvalue weighted by atomic mass is 35.5. The highest BCUT2D eigenvalue weighted by Crippen LogP contribution is 2.47. The lowest BCUT2D eigenvalue weighted by atomic mass is 9.82. The van der Waals surface area contributed by atoms with Gasteiger partial charge in [0.25, 0.3) is 0 Å². The van der Waals surface area contributed by atoms with Crippen molar-refractivity contribution in [2.24, 2.45) is 11.8 Å². The molecule has 0 amide bonds. The van der Waals surface area contributed by atoms with Gasteiger partial charge in [-0.2, -0.15) is 0 Å². The van der Waals surface area contributed by atoms with Crippen molar-refractivity contribution in [3.63, 3.8) is 0 Å². The summed E-state index contributed by atoms with van der Waals surface area (Å²) < 4.78 is 5.47. The molecule has 0 spiro atoms. The average molecular weight is 371 g/mol. The van der Waals surface area contributed by atoms with Crippen molar-refractivity contribution >= 4 is 24.8 Å². The number of halogens is 2. The zero-order chi connectivity index (χ0) is 15.1. The van der Waals surface area contributed by atoms with Gasteiger partial charge in [-0.05, 0) is 61.4 Å². The number of ether oxygens (including phenoxy) is 1. The van der Waals surface area contributed by atoms with Gasteiger partial charge in [0.2, 0.25) is 0 Å². The van der Waals surface area contributed by atoms with E-state index in [2.05, 4.69) is 35.0 Å². The minimum atomic E-state index is 0. The van der Waals surface area contributed by atoms with Crippen molar-refractivity contribution in [1.82, 2.24) is 10.2 Å². The van der Waals surface area contributed by atoms with E-state index in [0.717, 1.165) is 42.6 Å². The van der Waals surface area contributed by atoms with Crippen LogP contribution in [0.5, 0.6) is 5.75 Å². The van der Waals surface area contributed by atoms with E-state index in [1.54, 1.807) is 7.11 Å². The number of nitrogens with one attached hydrogen (secondary N) is 1. The molecule has 3 aliphatic heterocycles. The molecule has 0 aliphatic carbocycles. The van der Waals surface area contributed by atoms with Gasteiger partial charge < -0.3 is 10.1 Å². The van der Waals surface area contributed by atoms with Gasteiger partial charge in [0.05, 0.1) is 7.11 Å². The van der Waals surface area contributed by atoms with Gasteiger partial charge in [-0.3, -0.25) is 4.90 Å². The van der Waals surface area contributed by atoms with Gasteiger partial charge in [-0.25, -0.2) is 0 Å². The number of fused-ring (bicyclic) bond motifs is 5. The van der Waals surface area contributed by atoms with Crippen LogP contribution in [0.3, 0.4) is 0 Å². The quantitative estimate of drug-likeness (QED) is 0.803. The maximum Gasteiger partial charge on any atom is 0.122 e. The Balaban J connectivity index is 0.00000104. The summed E-state index contributed by atoms with van der Waals surface area (Å²) >= 11 is 0. The molecule has 2 bridgehead atoms. The molecule has 5 heteroatoms. The van der Waals surface area contributed by atoms with Crippen LogP contribution in [0.2, 0.25) is 0 Å². The first-order chi connectivity index (χ1) is 10.8. The zero-order valence-corrected chi connectivity index (χ0v) is 15.9. The first-order valence-electron chi connectivity index (χ1n) is 8.55. The maximum atomic E-state index is 5.47. The lowest BCUT2D eigenvalue weighted by molar-refractivity contribution is 0.218. The molecule has 1 N–H and O–H groups in total. The minimum absolute atomic E-state index is 0. The summed E-state index contributed by atoms with van der Waals surface area (Å²) in [5.41, 5.74) is 2.67. The number of nitrogens with zero attached hydrogens (tertiary/aromatic N) is 1. The summed E-state index contributed by atoms with van der Waals surface area (Å²) in [6, 6.07) is 8.27. The second kappa shape index (κ2) is 8.09. The Labute approximate surface area is 157 Å². The summed E-state index contributed by atoms with van der Waals surface area (Å²) in [6.07, 6.45) is 5.61. The van der Waals surface area contributed by atoms with Gasteiger partial charge in [-0.1, -0.05) is 18.2 Å². The van der Waals surface area contributed by atoms with Crippen LogP contribution in [0.1, 0.15) is 24.0 Å². The lowest BCUT2D eigenvalue weighted by Gasteiger charge is -2.25. The van der Waals surface area contributed by atoms with Crippen molar-refractivity contribution < 1.29 is 4.74 Å². The third-order valence-electron chi connectivity index (χ3n) is 5.98. The predicted octanol–water partition coefficient (Wildman–Crippen LogP) is 3.45. The Bertz CT molecular complexity index is 562. The van der Waals surface area contributed by atoms with Crippen molar-refractivity contribution in [3.05, 3.63) is 42.0 Å². The number of rotatable bonds is 5. The zero-order valence-electron chi connectivity index (χ0n) is 14.2. The molecule has 3 aliphatic rings. The third kappa shape index (κ3) is 3.20. The molecular formula is C19H28Cl2N2O. The minimum Gasteiger partial charge on any atom is -0.496 e. The normalized spacial score (nSPS) is 30.4. The monoisotopic (exact) mass is 370 g/mol. The Morgan fingerprint density at radius 3 is 2.46 bits per heavy atom. The second-order valence-electron chi connectivity index (χ2n) is 7.01. The van der Waals surface area contributed by atoms with E-state index in [1.807, 2.05) is 6.08 Å². The van der Waals surface area contributed by atoms with Crippen LogP contribution in [0.15, 0.2) is 30.9 Å². The number of hydrogen-bond donors (Lipinski definition) is 1. The molecule has 3 nitrogen and oxygen atoms in total. The van der Waals surface area contributed by atoms with Gasteiger partial charge in [0.15, 0.2) is 0 Å². The number of benzene rings is 1. The molecular weight excluding hydrogens is 343 g/mol. The van der Waals surface area contributed by atoms with Gasteiger partial charge in [-0.15, -0.1) is 31.4 Å². The van der Waals surface area contributed by atoms with Gasteiger partial charge in [0.1, 0.15) is 5.75 Å². The largest absolute Gasteiger partial charge is 0.496 e. The van der Waals surface area contributed by atoms with E-state index in [9.17, 15) is 0 Å². The van der Waals surface area contributed by atoms with Gasteiger partial charge >= 0.3 is 0 Å². The molecule has 134 valence electrons. The molecule has 0 saturated carbocycles. The van der Waals surface area contributed by atoms with Crippen LogP contribution in [0.25, 0.3) is 0 Å². The lowest BCUT2D eigenvalue weighted by Crippen LogP contribution is -2.33. The SMILES string of the molecule is C=CCc1cc(CN2[C@@H]3CC[C@H]2[C@H]2CNC[C@H]23)ccc1OC.Cl.Cl. The molecule has 4 atom stereocenters. The van der Waals surface area contributed by atoms with Crippen LogP contribution in [-0.4, -0.2) is 37.2 Å². The molecule has 3 saturated heterocycles. The fraction of sp³-hybridized carbons (Fsp3) is 0.579. The number of hydrogen-bond acceptors (Lipinski definition) is 3. The van der Waals surface area contributed by atoms with E-state index in [1.165, 1.54) is 37.1 Å². The average Bonchev–Trinajstić information content (AvgIpc) is 3.20. The highest BCUT2D eigenvalue weighted by Gasteiger charge is 2.54. The summed E-state index contributed by atoms with van der Waals surface area (Å²) in [4.78, 5) is 2.79. The molecule has 1 aromatic rings. The summed E-state index contributed by atoms with van der Waals surface area (Å²) in [5.74, 6) is 2.77. The Hall–Kier alpha value is -0.740. The Kier molecular flexibility index (Phi) is 6.60. The topological polar surface area (TPSA) is 24.5 Å². The number of allylic oxidation sites excluding steroid dienone is 1. The van der Waals surface area contributed by atoms with Crippen LogP contribution in [-0.2, 0) is 13.0 Å². The van der Waals surface area contributed by atoms with Crippen molar-refractivity contribution in [2.75, 3.05) is 20.2 Å². The molecule has 0 aromatic heterocycles. The van der Waals surface area contributed by atoms with Crippen LogP contribution >= 0.6 is 24.8 Å². The van der Waals surface area contributed by atoms with E-state index < -0.39 is 0 Å². The molecule has 1 aromatic carbocycles.